The van der Waals surface area contributed by atoms with Crippen LogP contribution in [0.4, 0.5) is 11.5 Å². The number of nitrogens with one attached hydrogen (secondary N) is 2. The highest BCUT2D eigenvalue weighted by molar-refractivity contribution is 7.99. The number of benzene rings is 3. The maximum Gasteiger partial charge on any atom is 0.263 e. The van der Waals surface area contributed by atoms with Crippen LogP contribution in [0.25, 0.3) is 16.9 Å². The third-order valence-corrected chi connectivity index (χ3v) is 7.99. The van der Waals surface area contributed by atoms with Gasteiger partial charge in [-0.3, -0.25) is 14.1 Å². The second-order valence-electron chi connectivity index (χ2n) is 8.17. The number of halogens is 1. The van der Waals surface area contributed by atoms with E-state index in [1.54, 1.807) is 6.20 Å². The lowest BCUT2D eigenvalue weighted by atomic mass is 10.1. The Labute approximate surface area is 234 Å². The van der Waals surface area contributed by atoms with Crippen molar-refractivity contribution >= 4 is 50.8 Å². The number of thioether (sulfide) groups is 1. The number of amides is 1. The monoisotopic (exact) mass is 576 g/mol. The molecule has 9 nitrogen and oxygen atoms in total. The van der Waals surface area contributed by atoms with Gasteiger partial charge in [0, 0.05) is 16.9 Å². The van der Waals surface area contributed by atoms with E-state index in [1.807, 2.05) is 65.2 Å². The average Bonchev–Trinajstić information content (AvgIpc) is 3.38. The SMILES string of the molecule is O=C(CSc1ncc(-c2ccccc2)n1-c1ccccc1)Nc1ccc(S(=O)(=O)Nc2ccc(Cl)nn2)cc1. The normalized spacial score (nSPS) is 11.2. The molecule has 5 rings (SSSR count). The van der Waals surface area contributed by atoms with Gasteiger partial charge in [-0.25, -0.2) is 13.4 Å². The number of rotatable bonds is 9. The number of carbonyl (C=O) groups excluding carboxylic acids is 1. The van der Waals surface area contributed by atoms with Crippen LogP contribution in [-0.4, -0.2) is 39.8 Å². The summed E-state index contributed by atoms with van der Waals surface area (Å²) in [4.78, 5) is 17.3. The van der Waals surface area contributed by atoms with Crippen molar-refractivity contribution in [3.05, 3.63) is 108 Å². The summed E-state index contributed by atoms with van der Waals surface area (Å²) >= 11 is 6.99. The number of nitrogens with zero attached hydrogens (tertiary/aromatic N) is 4. The minimum Gasteiger partial charge on any atom is -0.325 e. The van der Waals surface area contributed by atoms with Crippen LogP contribution < -0.4 is 10.0 Å². The maximum absolute atomic E-state index is 12.7. The van der Waals surface area contributed by atoms with Gasteiger partial charge in [0.1, 0.15) is 0 Å². The van der Waals surface area contributed by atoms with Crippen LogP contribution in [0.15, 0.2) is 113 Å². The highest BCUT2D eigenvalue weighted by Crippen LogP contribution is 2.30. The quantitative estimate of drug-likeness (QED) is 0.222. The lowest BCUT2D eigenvalue weighted by Crippen LogP contribution is -2.16. The van der Waals surface area contributed by atoms with E-state index in [4.69, 9.17) is 11.6 Å². The van der Waals surface area contributed by atoms with Crippen LogP contribution in [0.5, 0.6) is 0 Å². The van der Waals surface area contributed by atoms with E-state index < -0.39 is 10.0 Å². The van der Waals surface area contributed by atoms with E-state index in [-0.39, 0.29) is 27.5 Å². The molecule has 0 spiro atoms. The first-order valence-corrected chi connectivity index (χ1v) is 14.5. The van der Waals surface area contributed by atoms with Gasteiger partial charge in [0.05, 0.1) is 22.5 Å². The first-order valence-electron chi connectivity index (χ1n) is 11.6. The van der Waals surface area contributed by atoms with E-state index in [9.17, 15) is 13.2 Å². The largest absolute Gasteiger partial charge is 0.325 e. The van der Waals surface area contributed by atoms with E-state index in [1.165, 1.54) is 48.2 Å². The number of para-hydroxylation sites is 1. The fourth-order valence-corrected chi connectivity index (χ4v) is 5.58. The van der Waals surface area contributed by atoms with Crippen molar-refractivity contribution in [2.75, 3.05) is 15.8 Å². The Balaban J connectivity index is 1.26. The van der Waals surface area contributed by atoms with Gasteiger partial charge in [-0.15, -0.1) is 10.2 Å². The Kier molecular flexibility index (Phi) is 7.92. The standard InChI is InChI=1S/C27H21ClN6O3S2/c28-24-15-16-25(32-31-24)33-39(36,37)22-13-11-20(12-14-22)30-26(35)18-38-27-29-17-23(19-7-3-1-4-8-19)34(27)21-9-5-2-6-10-21/h1-17H,18H2,(H,30,35)(H,32,33). The smallest absolute Gasteiger partial charge is 0.263 e. The van der Waals surface area contributed by atoms with Crippen molar-refractivity contribution in [1.29, 1.82) is 0 Å². The summed E-state index contributed by atoms with van der Waals surface area (Å²) in [5.41, 5.74) is 3.33. The molecule has 0 saturated carbocycles. The number of carbonyl (C=O) groups is 1. The first kappa shape index (κ1) is 26.4. The second-order valence-corrected chi connectivity index (χ2v) is 11.2. The van der Waals surface area contributed by atoms with Gasteiger partial charge < -0.3 is 5.32 Å². The molecule has 0 unspecified atom stereocenters. The molecule has 0 bridgehead atoms. The van der Waals surface area contributed by atoms with Crippen molar-refractivity contribution in [1.82, 2.24) is 19.7 Å². The Hall–Kier alpha value is -4.19. The summed E-state index contributed by atoms with van der Waals surface area (Å²) in [7, 11) is -3.89. The molecule has 1 amide bonds. The van der Waals surface area contributed by atoms with Crippen molar-refractivity contribution in [3.63, 3.8) is 0 Å². The summed E-state index contributed by atoms with van der Waals surface area (Å²) in [6, 6.07) is 28.4. The third-order valence-electron chi connectivity index (χ3n) is 5.47. The molecule has 39 heavy (non-hydrogen) atoms. The summed E-state index contributed by atoms with van der Waals surface area (Å²) in [5.74, 6) is -0.110. The molecule has 12 heteroatoms. The average molecular weight is 577 g/mol. The van der Waals surface area contributed by atoms with Crippen molar-refractivity contribution in [3.8, 4) is 16.9 Å². The van der Waals surface area contributed by atoms with Crippen LogP contribution in [-0.2, 0) is 14.8 Å². The molecule has 0 saturated heterocycles. The molecular weight excluding hydrogens is 556 g/mol. The second kappa shape index (κ2) is 11.7. The topological polar surface area (TPSA) is 119 Å². The predicted molar refractivity (Wildman–Crippen MR) is 153 cm³/mol. The van der Waals surface area contributed by atoms with Gasteiger partial charge in [-0.2, -0.15) is 0 Å². The number of sulfonamides is 1. The van der Waals surface area contributed by atoms with Crippen LogP contribution in [0.2, 0.25) is 5.15 Å². The van der Waals surface area contributed by atoms with Crippen LogP contribution in [0.1, 0.15) is 0 Å². The van der Waals surface area contributed by atoms with Gasteiger partial charge >= 0.3 is 0 Å². The highest BCUT2D eigenvalue weighted by Gasteiger charge is 2.17. The van der Waals surface area contributed by atoms with Gasteiger partial charge in [0.15, 0.2) is 16.1 Å². The number of hydrogen-bond acceptors (Lipinski definition) is 7. The number of imidazole rings is 1. The molecule has 0 fully saturated rings. The van der Waals surface area contributed by atoms with E-state index in [0.29, 0.717) is 10.8 Å². The van der Waals surface area contributed by atoms with Gasteiger partial charge in [-0.1, -0.05) is 71.9 Å². The molecule has 2 heterocycles. The predicted octanol–water partition coefficient (Wildman–Crippen LogP) is 5.51. The van der Waals surface area contributed by atoms with Crippen molar-refractivity contribution < 1.29 is 13.2 Å². The number of hydrogen-bond donors (Lipinski definition) is 2. The minimum atomic E-state index is -3.89. The molecular formula is C27H21ClN6O3S2. The molecule has 0 aliphatic heterocycles. The van der Waals surface area contributed by atoms with Gasteiger partial charge in [0.25, 0.3) is 10.0 Å². The highest BCUT2D eigenvalue weighted by atomic mass is 35.5. The third kappa shape index (κ3) is 6.45. The Morgan fingerprint density at radius 3 is 2.23 bits per heavy atom. The lowest BCUT2D eigenvalue weighted by molar-refractivity contribution is -0.113. The fourth-order valence-electron chi connectivity index (χ4n) is 3.69. The van der Waals surface area contributed by atoms with Crippen molar-refractivity contribution in [2.24, 2.45) is 0 Å². The number of anilines is 2. The van der Waals surface area contributed by atoms with Crippen LogP contribution in [0, 0.1) is 0 Å². The van der Waals surface area contributed by atoms with E-state index in [2.05, 4.69) is 25.2 Å². The molecule has 0 radical (unpaired) electrons. The molecule has 0 atom stereocenters. The number of aromatic nitrogens is 4. The van der Waals surface area contributed by atoms with Crippen LogP contribution >= 0.6 is 23.4 Å². The summed E-state index contributed by atoms with van der Waals surface area (Å²) in [5, 5.41) is 10.9. The minimum absolute atomic E-state index is 0.00459. The summed E-state index contributed by atoms with van der Waals surface area (Å²) in [6.07, 6.45) is 1.80. The van der Waals surface area contributed by atoms with Gasteiger partial charge in [0.2, 0.25) is 5.91 Å². The zero-order chi connectivity index (χ0) is 27.2. The first-order chi connectivity index (χ1) is 18.9. The van der Waals surface area contributed by atoms with Crippen LogP contribution in [0.3, 0.4) is 0 Å². The summed E-state index contributed by atoms with van der Waals surface area (Å²) < 4.78 is 29.6. The Morgan fingerprint density at radius 2 is 1.56 bits per heavy atom. The van der Waals surface area contributed by atoms with Gasteiger partial charge in [-0.05, 0) is 48.5 Å². The van der Waals surface area contributed by atoms with Crippen molar-refractivity contribution in [2.45, 2.75) is 10.1 Å². The fraction of sp³-hybridized carbons (Fsp3) is 0.0370. The molecule has 196 valence electrons. The lowest BCUT2D eigenvalue weighted by Gasteiger charge is -2.12. The Bertz CT molecular complexity index is 1680. The molecule has 0 aliphatic carbocycles. The molecule has 2 N–H and O–H groups in total. The zero-order valence-electron chi connectivity index (χ0n) is 20.2. The Morgan fingerprint density at radius 1 is 0.872 bits per heavy atom. The molecule has 3 aromatic carbocycles. The maximum atomic E-state index is 12.7. The molecule has 2 aromatic heterocycles. The van der Waals surface area contributed by atoms with E-state index in [0.717, 1.165) is 16.9 Å². The van der Waals surface area contributed by atoms with E-state index >= 15 is 0 Å². The molecule has 5 aromatic rings. The summed E-state index contributed by atoms with van der Waals surface area (Å²) in [6.45, 7) is 0. The molecule has 0 aliphatic rings. The zero-order valence-corrected chi connectivity index (χ0v) is 22.6.